The van der Waals surface area contributed by atoms with E-state index in [1.54, 1.807) is 31.6 Å². The van der Waals surface area contributed by atoms with E-state index in [4.69, 9.17) is 4.74 Å². The van der Waals surface area contributed by atoms with E-state index in [1.165, 1.54) is 10.8 Å². The number of piperazine rings is 1. The van der Waals surface area contributed by atoms with Crippen LogP contribution in [0.3, 0.4) is 0 Å². The molecule has 3 aromatic heterocycles. The summed E-state index contributed by atoms with van der Waals surface area (Å²) in [5.41, 5.74) is 3.20. The van der Waals surface area contributed by atoms with Crippen LogP contribution in [0, 0.1) is 0 Å². The lowest BCUT2D eigenvalue weighted by molar-refractivity contribution is -0.0691. The van der Waals surface area contributed by atoms with Gasteiger partial charge in [-0.1, -0.05) is 0 Å². The van der Waals surface area contributed by atoms with E-state index in [2.05, 4.69) is 32.0 Å². The summed E-state index contributed by atoms with van der Waals surface area (Å²) < 4.78 is 6.84. The summed E-state index contributed by atoms with van der Waals surface area (Å²) in [5, 5.41) is 3.15. The van der Waals surface area contributed by atoms with Gasteiger partial charge in [0.2, 0.25) is 0 Å². The van der Waals surface area contributed by atoms with Crippen molar-refractivity contribution in [1.82, 2.24) is 19.4 Å². The Balaban J connectivity index is 1.33. The van der Waals surface area contributed by atoms with Crippen molar-refractivity contribution in [3.05, 3.63) is 65.0 Å². The first-order valence-electron chi connectivity index (χ1n) is 11.4. The van der Waals surface area contributed by atoms with Crippen LogP contribution in [-0.2, 0) is 11.8 Å². The first-order chi connectivity index (χ1) is 16.5. The summed E-state index contributed by atoms with van der Waals surface area (Å²) in [4.78, 5) is 37.6. The fourth-order valence-corrected chi connectivity index (χ4v) is 4.62. The Morgan fingerprint density at radius 2 is 2.03 bits per heavy atom. The van der Waals surface area contributed by atoms with E-state index in [9.17, 15) is 9.59 Å². The first-order valence-corrected chi connectivity index (χ1v) is 11.4. The number of aldehydes is 1. The van der Waals surface area contributed by atoms with Gasteiger partial charge < -0.3 is 19.5 Å². The molecular formula is C25H28N6O3. The fourth-order valence-electron chi connectivity index (χ4n) is 4.62. The molecule has 0 aliphatic carbocycles. The Morgan fingerprint density at radius 3 is 2.71 bits per heavy atom. The van der Waals surface area contributed by atoms with Gasteiger partial charge in [0.05, 0.1) is 31.1 Å². The topological polar surface area (TPSA) is 92.6 Å². The van der Waals surface area contributed by atoms with Crippen LogP contribution in [0.4, 0.5) is 17.2 Å². The molecule has 9 heteroatoms. The van der Waals surface area contributed by atoms with Crippen LogP contribution in [0.1, 0.15) is 17.3 Å². The maximum absolute atomic E-state index is 12.8. The van der Waals surface area contributed by atoms with Crippen LogP contribution in [0.5, 0.6) is 0 Å². The maximum Gasteiger partial charge on any atom is 0.274 e. The number of nitrogens with one attached hydrogen (secondary N) is 1. The van der Waals surface area contributed by atoms with Crippen LogP contribution in [0.2, 0.25) is 0 Å². The average Bonchev–Trinajstić information content (AvgIpc) is 2.81. The molecule has 2 fully saturated rings. The van der Waals surface area contributed by atoms with Crippen LogP contribution < -0.4 is 15.8 Å². The Hall–Kier alpha value is -3.56. The molecule has 0 spiro atoms. The van der Waals surface area contributed by atoms with Crippen molar-refractivity contribution in [2.75, 3.05) is 43.1 Å². The number of aryl methyl sites for hydroxylation is 1. The molecule has 0 amide bonds. The molecular weight excluding hydrogens is 432 g/mol. The molecule has 1 atom stereocenters. The number of anilines is 3. The number of hydrogen-bond donors (Lipinski definition) is 1. The van der Waals surface area contributed by atoms with Gasteiger partial charge in [-0.2, -0.15) is 0 Å². The van der Waals surface area contributed by atoms with Crippen molar-refractivity contribution < 1.29 is 9.53 Å². The molecule has 2 aliphatic heterocycles. The molecule has 5 rings (SSSR count). The summed E-state index contributed by atoms with van der Waals surface area (Å²) in [6.07, 6.45) is 7.47. The number of carbonyl (C=O) groups is 1. The van der Waals surface area contributed by atoms with Crippen molar-refractivity contribution in [3.63, 3.8) is 0 Å². The van der Waals surface area contributed by atoms with Gasteiger partial charge in [0.1, 0.15) is 11.5 Å². The number of rotatable bonds is 6. The van der Waals surface area contributed by atoms with E-state index in [1.807, 2.05) is 18.3 Å². The summed E-state index contributed by atoms with van der Waals surface area (Å²) in [6, 6.07) is 8.37. The van der Waals surface area contributed by atoms with Crippen LogP contribution in [0.15, 0.2) is 53.8 Å². The second-order valence-electron chi connectivity index (χ2n) is 8.89. The van der Waals surface area contributed by atoms with Crippen molar-refractivity contribution in [2.45, 2.75) is 19.0 Å². The zero-order valence-corrected chi connectivity index (χ0v) is 19.3. The predicted octanol–water partition coefficient (Wildman–Crippen LogP) is 2.31. The molecule has 9 nitrogen and oxygen atoms in total. The fraction of sp³-hybridized carbons (Fsp3) is 0.360. The molecule has 3 aromatic rings. The highest BCUT2D eigenvalue weighted by Crippen LogP contribution is 2.26. The second-order valence-corrected chi connectivity index (χ2v) is 8.89. The van der Waals surface area contributed by atoms with Gasteiger partial charge >= 0.3 is 0 Å². The van der Waals surface area contributed by atoms with Crippen LogP contribution in [0.25, 0.3) is 11.1 Å². The maximum atomic E-state index is 12.8. The predicted molar refractivity (Wildman–Crippen MR) is 131 cm³/mol. The molecule has 5 heterocycles. The molecule has 0 aromatic carbocycles. The highest BCUT2D eigenvalue weighted by molar-refractivity contribution is 5.87. The number of ether oxygens (including phenoxy) is 1. The van der Waals surface area contributed by atoms with Gasteiger partial charge in [-0.05, 0) is 36.8 Å². The summed E-state index contributed by atoms with van der Waals surface area (Å²) in [6.45, 7) is 6.88. The highest BCUT2D eigenvalue weighted by atomic mass is 16.5. The van der Waals surface area contributed by atoms with E-state index in [0.29, 0.717) is 34.7 Å². The minimum absolute atomic E-state index is 0.180. The molecule has 0 unspecified atom stereocenters. The quantitative estimate of drug-likeness (QED) is 0.561. The second kappa shape index (κ2) is 9.36. The molecule has 2 saturated heterocycles. The SMILES string of the molecule is C[C@H]1CN(C2COC2)CCN1c1ccc(Nc2cc(-c3ccncc3C=O)cn(C)c2=O)nc1. The third-order valence-electron chi connectivity index (χ3n) is 6.61. The number of nitrogens with zero attached hydrogens (tertiary/aromatic N) is 5. The Bertz CT molecular complexity index is 1240. The number of pyridine rings is 3. The zero-order valence-electron chi connectivity index (χ0n) is 19.3. The largest absolute Gasteiger partial charge is 0.378 e. The minimum atomic E-state index is -0.180. The lowest BCUT2D eigenvalue weighted by Crippen LogP contribution is -2.59. The Labute approximate surface area is 198 Å². The zero-order chi connectivity index (χ0) is 23.7. The summed E-state index contributed by atoms with van der Waals surface area (Å²) >= 11 is 0. The van der Waals surface area contributed by atoms with Crippen LogP contribution in [-0.4, -0.2) is 70.7 Å². The molecule has 34 heavy (non-hydrogen) atoms. The molecule has 2 aliphatic rings. The third kappa shape index (κ3) is 4.32. The lowest BCUT2D eigenvalue weighted by atomic mass is 10.0. The van der Waals surface area contributed by atoms with E-state index < -0.39 is 0 Å². The van der Waals surface area contributed by atoms with Gasteiger partial charge in [-0.3, -0.25) is 19.5 Å². The normalized spacial score (nSPS) is 19.0. The molecule has 176 valence electrons. The Morgan fingerprint density at radius 1 is 1.18 bits per heavy atom. The van der Waals surface area contributed by atoms with Crippen LogP contribution >= 0.6 is 0 Å². The van der Waals surface area contributed by atoms with Crippen molar-refractivity contribution in [1.29, 1.82) is 0 Å². The van der Waals surface area contributed by atoms with Gasteiger partial charge in [-0.25, -0.2) is 4.98 Å². The number of hydrogen-bond acceptors (Lipinski definition) is 8. The van der Waals surface area contributed by atoms with E-state index in [-0.39, 0.29) is 5.56 Å². The van der Waals surface area contributed by atoms with Crippen molar-refractivity contribution in [3.8, 4) is 11.1 Å². The van der Waals surface area contributed by atoms with Crippen molar-refractivity contribution in [2.24, 2.45) is 7.05 Å². The number of carbonyl (C=O) groups excluding carboxylic acids is 1. The summed E-state index contributed by atoms with van der Waals surface area (Å²) in [5.74, 6) is 0.584. The molecule has 0 radical (unpaired) electrons. The highest BCUT2D eigenvalue weighted by Gasteiger charge is 2.32. The molecule has 1 N–H and O–H groups in total. The van der Waals surface area contributed by atoms with Gasteiger partial charge in [-0.15, -0.1) is 0 Å². The summed E-state index contributed by atoms with van der Waals surface area (Å²) in [7, 11) is 1.69. The standard InChI is InChI=1S/C25H28N6O3/c1-17-12-30(21-15-34-16-21)7-8-31(17)20-3-4-24(27-11-20)28-23-9-18(13-29(2)25(23)33)22-5-6-26-10-19(22)14-32/h3-6,9-11,13-14,17,21H,7-8,12,15-16H2,1-2H3,(H,27,28)/t17-/m0/s1. The van der Waals surface area contributed by atoms with Gasteiger partial charge in [0.25, 0.3) is 5.56 Å². The number of aromatic nitrogens is 3. The smallest absolute Gasteiger partial charge is 0.274 e. The minimum Gasteiger partial charge on any atom is -0.378 e. The first kappa shape index (κ1) is 22.2. The average molecular weight is 461 g/mol. The Kier molecular flexibility index (Phi) is 6.12. The molecule has 0 bridgehead atoms. The van der Waals surface area contributed by atoms with E-state index >= 15 is 0 Å². The monoisotopic (exact) mass is 460 g/mol. The van der Waals surface area contributed by atoms with Gasteiger partial charge in [0, 0.05) is 62.4 Å². The van der Waals surface area contributed by atoms with Gasteiger partial charge in [0.15, 0.2) is 6.29 Å². The lowest BCUT2D eigenvalue weighted by Gasteiger charge is -2.46. The third-order valence-corrected chi connectivity index (χ3v) is 6.61. The molecule has 0 saturated carbocycles. The van der Waals surface area contributed by atoms with Crippen molar-refractivity contribution >= 4 is 23.5 Å². The van der Waals surface area contributed by atoms with E-state index in [0.717, 1.165) is 50.4 Å².